The molecule has 1 aliphatic rings. The van der Waals surface area contributed by atoms with Crippen LogP contribution >= 0.6 is 0 Å². The van der Waals surface area contributed by atoms with Gasteiger partial charge in [-0.1, -0.05) is 12.2 Å². The molecule has 1 heterocycles. The molecule has 0 saturated heterocycles. The van der Waals surface area contributed by atoms with E-state index in [-0.39, 0.29) is 6.10 Å². The first-order valence-corrected chi connectivity index (χ1v) is 3.78. The second-order valence-electron chi connectivity index (χ2n) is 2.53. The first-order valence-electron chi connectivity index (χ1n) is 3.78. The summed E-state index contributed by atoms with van der Waals surface area (Å²) in [4.78, 5) is 4.12. The van der Waals surface area contributed by atoms with E-state index in [1.807, 2.05) is 19.1 Å². The zero-order valence-corrected chi connectivity index (χ0v) is 7.57. The van der Waals surface area contributed by atoms with E-state index in [9.17, 15) is 0 Å². The Bertz CT molecular complexity index is 241. The summed E-state index contributed by atoms with van der Waals surface area (Å²) in [7, 11) is 3.26. The van der Waals surface area contributed by atoms with Crippen molar-refractivity contribution in [2.45, 2.75) is 13.0 Å². The van der Waals surface area contributed by atoms with Gasteiger partial charge < -0.3 is 9.47 Å². The molecule has 1 rings (SSSR count). The number of rotatable bonds is 2. The molecule has 0 aromatic rings. The third-order valence-corrected chi connectivity index (χ3v) is 1.68. The monoisotopic (exact) mass is 167 g/mol. The minimum Gasteiger partial charge on any atom is -0.481 e. The lowest BCUT2D eigenvalue weighted by atomic mass is 10.2. The van der Waals surface area contributed by atoms with E-state index >= 15 is 0 Å². The van der Waals surface area contributed by atoms with Crippen molar-refractivity contribution >= 4 is 6.21 Å². The van der Waals surface area contributed by atoms with E-state index in [1.54, 1.807) is 20.4 Å². The fourth-order valence-electron chi connectivity index (χ4n) is 0.956. The van der Waals surface area contributed by atoms with Crippen LogP contribution in [-0.4, -0.2) is 26.5 Å². The first-order chi connectivity index (χ1) is 5.77. The molecule has 3 heteroatoms. The van der Waals surface area contributed by atoms with Gasteiger partial charge in [0.05, 0.1) is 7.11 Å². The van der Waals surface area contributed by atoms with Crippen LogP contribution in [0.1, 0.15) is 6.92 Å². The van der Waals surface area contributed by atoms with E-state index in [0.29, 0.717) is 5.88 Å². The molecule has 3 nitrogen and oxygen atoms in total. The van der Waals surface area contributed by atoms with Gasteiger partial charge in [-0.05, 0) is 6.92 Å². The number of aliphatic imine (C=N–C) groups is 1. The van der Waals surface area contributed by atoms with Gasteiger partial charge in [0.15, 0.2) is 0 Å². The van der Waals surface area contributed by atoms with Crippen molar-refractivity contribution in [3.63, 3.8) is 0 Å². The Morgan fingerprint density at radius 3 is 2.75 bits per heavy atom. The number of nitrogens with zero attached hydrogens (tertiary/aromatic N) is 1. The summed E-state index contributed by atoms with van der Waals surface area (Å²) in [5.74, 6) is 0.644. The van der Waals surface area contributed by atoms with Crippen LogP contribution in [0, 0.1) is 0 Å². The highest BCUT2D eigenvalue weighted by atomic mass is 16.5. The van der Waals surface area contributed by atoms with Crippen LogP contribution in [0.5, 0.6) is 0 Å². The number of methoxy groups -OCH3 is 2. The highest BCUT2D eigenvalue weighted by Gasteiger charge is 2.05. The van der Waals surface area contributed by atoms with Crippen molar-refractivity contribution in [1.29, 1.82) is 0 Å². The molecule has 0 aromatic heterocycles. The van der Waals surface area contributed by atoms with Crippen LogP contribution in [0.4, 0.5) is 0 Å². The van der Waals surface area contributed by atoms with Crippen LogP contribution in [0.25, 0.3) is 0 Å². The fraction of sp³-hybridized carbons (Fsp3) is 0.444. The maximum atomic E-state index is 5.09. The minimum atomic E-state index is -0.0485. The molecule has 1 unspecified atom stereocenters. The molecule has 12 heavy (non-hydrogen) atoms. The molecule has 0 spiro atoms. The molecule has 0 aromatic carbocycles. The Kier molecular flexibility index (Phi) is 3.05. The molecule has 0 amide bonds. The summed E-state index contributed by atoms with van der Waals surface area (Å²) < 4.78 is 10.1. The molecule has 0 bridgehead atoms. The largest absolute Gasteiger partial charge is 0.481 e. The van der Waals surface area contributed by atoms with Crippen LogP contribution in [-0.2, 0) is 9.47 Å². The molecule has 66 valence electrons. The second-order valence-corrected chi connectivity index (χ2v) is 2.53. The summed E-state index contributed by atoms with van der Waals surface area (Å²) in [5.41, 5.74) is 1.01. The highest BCUT2D eigenvalue weighted by Crippen LogP contribution is 2.11. The Morgan fingerprint density at radius 2 is 2.17 bits per heavy atom. The Morgan fingerprint density at radius 1 is 1.42 bits per heavy atom. The third-order valence-electron chi connectivity index (χ3n) is 1.68. The van der Waals surface area contributed by atoms with Gasteiger partial charge in [0, 0.05) is 18.9 Å². The number of hydrogen-bond acceptors (Lipinski definition) is 3. The van der Waals surface area contributed by atoms with Gasteiger partial charge in [-0.15, -0.1) is 0 Å². The average Bonchev–Trinajstić information content (AvgIpc) is 2.27. The lowest BCUT2D eigenvalue weighted by molar-refractivity contribution is 0.194. The molecule has 0 aliphatic carbocycles. The smallest absolute Gasteiger partial charge is 0.215 e. The first kappa shape index (κ1) is 9.00. The quantitative estimate of drug-likeness (QED) is 0.624. The van der Waals surface area contributed by atoms with Gasteiger partial charge >= 0.3 is 0 Å². The topological polar surface area (TPSA) is 30.8 Å². The summed E-state index contributed by atoms with van der Waals surface area (Å²) >= 11 is 0. The summed E-state index contributed by atoms with van der Waals surface area (Å²) in [6, 6.07) is 0. The van der Waals surface area contributed by atoms with Crippen LogP contribution in [0.2, 0.25) is 0 Å². The third kappa shape index (κ3) is 1.95. The van der Waals surface area contributed by atoms with Crippen molar-refractivity contribution in [3.8, 4) is 0 Å². The van der Waals surface area contributed by atoms with Crippen LogP contribution in [0.15, 0.2) is 28.6 Å². The lowest BCUT2D eigenvalue weighted by Crippen LogP contribution is -2.07. The SMILES string of the molecule is COC1=C(C)C=CC(OC)C=N1. The summed E-state index contributed by atoms with van der Waals surface area (Å²) in [6.07, 6.45) is 5.55. The van der Waals surface area contributed by atoms with E-state index in [4.69, 9.17) is 9.47 Å². The molecule has 0 fully saturated rings. The normalized spacial score (nSPS) is 22.8. The van der Waals surface area contributed by atoms with E-state index in [2.05, 4.69) is 4.99 Å². The molecule has 1 atom stereocenters. The minimum absolute atomic E-state index is 0.0485. The molecular formula is C9H13NO2. The van der Waals surface area contributed by atoms with Crippen LogP contribution < -0.4 is 0 Å². The van der Waals surface area contributed by atoms with E-state index in [1.165, 1.54) is 0 Å². The predicted octanol–water partition coefficient (Wildman–Crippen LogP) is 1.52. The Labute approximate surface area is 72.4 Å². The van der Waals surface area contributed by atoms with Crippen molar-refractivity contribution in [2.24, 2.45) is 4.99 Å². The number of ether oxygens (including phenoxy) is 2. The van der Waals surface area contributed by atoms with Crippen LogP contribution in [0.3, 0.4) is 0 Å². The van der Waals surface area contributed by atoms with Gasteiger partial charge in [-0.3, -0.25) is 0 Å². The molecule has 1 aliphatic heterocycles. The maximum absolute atomic E-state index is 5.09. The maximum Gasteiger partial charge on any atom is 0.215 e. The van der Waals surface area contributed by atoms with E-state index in [0.717, 1.165) is 5.57 Å². The van der Waals surface area contributed by atoms with E-state index < -0.39 is 0 Å². The molecule has 0 saturated carbocycles. The highest BCUT2D eigenvalue weighted by molar-refractivity contribution is 5.68. The standard InChI is InChI=1S/C9H13NO2/c1-7-4-5-8(11-2)6-10-9(7)12-3/h4-6,8H,1-3H3. The number of allylic oxidation sites excluding steroid dienone is 2. The molecule has 0 N–H and O–H groups in total. The zero-order valence-electron chi connectivity index (χ0n) is 7.57. The van der Waals surface area contributed by atoms with Gasteiger partial charge in [-0.2, -0.15) is 0 Å². The fourth-order valence-corrected chi connectivity index (χ4v) is 0.956. The second kappa shape index (κ2) is 4.07. The van der Waals surface area contributed by atoms with Gasteiger partial charge in [-0.25, -0.2) is 4.99 Å². The van der Waals surface area contributed by atoms with Crippen molar-refractivity contribution in [1.82, 2.24) is 0 Å². The summed E-state index contributed by atoms with van der Waals surface area (Å²) in [5, 5.41) is 0. The van der Waals surface area contributed by atoms with Gasteiger partial charge in [0.25, 0.3) is 0 Å². The lowest BCUT2D eigenvalue weighted by Gasteiger charge is -2.01. The summed E-state index contributed by atoms with van der Waals surface area (Å²) in [6.45, 7) is 1.95. The number of hydrogen-bond donors (Lipinski definition) is 0. The average molecular weight is 167 g/mol. The van der Waals surface area contributed by atoms with Crippen molar-refractivity contribution in [2.75, 3.05) is 14.2 Å². The van der Waals surface area contributed by atoms with Crippen molar-refractivity contribution < 1.29 is 9.47 Å². The molecule has 0 radical (unpaired) electrons. The Hall–Kier alpha value is -1.09. The van der Waals surface area contributed by atoms with Gasteiger partial charge in [0.2, 0.25) is 5.88 Å². The zero-order chi connectivity index (χ0) is 8.97. The van der Waals surface area contributed by atoms with Gasteiger partial charge in [0.1, 0.15) is 6.10 Å². The predicted molar refractivity (Wildman–Crippen MR) is 48.1 cm³/mol. The Balaban J connectivity index is 2.83. The molecular weight excluding hydrogens is 154 g/mol. The van der Waals surface area contributed by atoms with Crippen molar-refractivity contribution in [3.05, 3.63) is 23.6 Å².